The van der Waals surface area contributed by atoms with Crippen LogP contribution in [0.4, 0.5) is 0 Å². The molecule has 4 aromatic carbocycles. The molecule has 7 nitrogen and oxygen atoms in total. The molecule has 0 N–H and O–H groups in total. The molecule has 5 rings (SSSR count). The third kappa shape index (κ3) is 5.96. The fraction of sp³-hybridized carbons (Fsp3) is 0. The summed E-state index contributed by atoms with van der Waals surface area (Å²) >= 11 is 13.9. The van der Waals surface area contributed by atoms with Crippen LogP contribution in [0.5, 0.6) is 23.0 Å². The summed E-state index contributed by atoms with van der Waals surface area (Å²) in [6.07, 6.45) is 0. The molecule has 1 aliphatic rings. The molecule has 0 fully saturated rings. The van der Waals surface area contributed by atoms with Crippen LogP contribution in [0.3, 0.4) is 0 Å². The molecule has 4 aromatic rings. The quantitative estimate of drug-likeness (QED) is 0.153. The van der Waals surface area contributed by atoms with Crippen LogP contribution in [-0.2, 0) is 0 Å². The largest absolute Gasteiger partial charge is 0.437 e. The fourth-order valence-electron chi connectivity index (χ4n) is 3.02. The Bertz CT molecular complexity index is 1270. The Morgan fingerprint density at radius 2 is 1.03 bits per heavy atom. The van der Waals surface area contributed by atoms with E-state index in [1.807, 2.05) is 97.1 Å². The molecule has 0 bridgehead atoms. The highest BCUT2D eigenvalue weighted by molar-refractivity contribution is 7.93. The smallest absolute Gasteiger partial charge is 0.425 e. The number of hydrogen-bond donors (Lipinski definition) is 0. The van der Waals surface area contributed by atoms with Gasteiger partial charge in [0.05, 0.1) is 0 Å². The van der Waals surface area contributed by atoms with Crippen LogP contribution in [0.1, 0.15) is 0 Å². The summed E-state index contributed by atoms with van der Waals surface area (Å²) in [6, 6.07) is 37.0. The van der Waals surface area contributed by atoms with E-state index < -0.39 is 23.7 Å². The van der Waals surface area contributed by atoms with Crippen molar-refractivity contribution in [2.45, 2.75) is 0 Å². The highest BCUT2D eigenvalue weighted by Crippen LogP contribution is 2.80. The second-order valence-corrected chi connectivity index (χ2v) is 14.3. The Morgan fingerprint density at radius 1 is 0.611 bits per heavy atom. The van der Waals surface area contributed by atoms with E-state index in [-0.39, 0.29) is 0 Å². The summed E-state index contributed by atoms with van der Waals surface area (Å²) < 4.78 is 26.8. The minimum Gasteiger partial charge on any atom is -0.437 e. The van der Waals surface area contributed by atoms with Gasteiger partial charge >= 0.3 is 16.1 Å². The maximum absolute atomic E-state index is 6.96. The predicted molar refractivity (Wildman–Crippen MR) is 147 cm³/mol. The molecule has 0 amide bonds. The first kappa shape index (κ1) is 25.3. The molecule has 1 aliphatic heterocycles. The molecular weight excluding hydrogens is 558 g/mol. The van der Waals surface area contributed by atoms with Gasteiger partial charge < -0.3 is 18.4 Å². The molecule has 184 valence electrons. The summed E-state index contributed by atoms with van der Waals surface area (Å²) in [4.78, 5) is 6.14. The van der Waals surface area contributed by atoms with Crippen molar-refractivity contribution in [3.63, 3.8) is 0 Å². The topological polar surface area (TPSA) is 55.8 Å². The number of halogens is 2. The fourth-order valence-corrected chi connectivity index (χ4v) is 11.6. The van der Waals surface area contributed by atoms with E-state index >= 15 is 0 Å². The van der Waals surface area contributed by atoms with E-state index in [9.17, 15) is 0 Å². The molecule has 36 heavy (non-hydrogen) atoms. The lowest BCUT2D eigenvalue weighted by Crippen LogP contribution is -2.27. The van der Waals surface area contributed by atoms with Gasteiger partial charge in [-0.05, 0) is 64.9 Å². The predicted octanol–water partition coefficient (Wildman–Crippen LogP) is 9.63. The molecule has 0 aromatic heterocycles. The van der Waals surface area contributed by atoms with Gasteiger partial charge in [-0.15, -0.1) is 4.52 Å². The Kier molecular flexibility index (Phi) is 8.31. The zero-order valence-corrected chi connectivity index (χ0v) is 22.8. The maximum atomic E-state index is 6.96. The minimum absolute atomic E-state index is 0.531. The van der Waals surface area contributed by atoms with Gasteiger partial charge in [0, 0.05) is 0 Å². The highest BCUT2D eigenvalue weighted by atomic mass is 35.7. The van der Waals surface area contributed by atoms with Gasteiger partial charge in [-0.3, -0.25) is 0 Å². The Balaban J connectivity index is 1.61. The zero-order valence-electron chi connectivity index (χ0n) is 18.6. The summed E-state index contributed by atoms with van der Waals surface area (Å²) in [5.74, 6) is 2.22. The minimum atomic E-state index is -3.41. The highest BCUT2D eigenvalue weighted by Gasteiger charge is 2.52. The Labute approximate surface area is 222 Å². The van der Waals surface area contributed by atoms with Crippen LogP contribution < -0.4 is 18.4 Å². The summed E-state index contributed by atoms with van der Waals surface area (Å²) in [6.45, 7) is 0. The van der Waals surface area contributed by atoms with Crippen molar-refractivity contribution in [2.75, 3.05) is 0 Å². The van der Waals surface area contributed by atoms with Gasteiger partial charge in [-0.25, -0.2) is 0 Å². The molecule has 0 spiro atoms. The average molecular weight is 578 g/mol. The molecule has 2 unspecified atom stereocenters. The van der Waals surface area contributed by atoms with Gasteiger partial charge in [0.25, 0.3) is 0 Å². The average Bonchev–Trinajstić information content (AvgIpc) is 2.92. The van der Waals surface area contributed by atoms with Gasteiger partial charge in [-0.1, -0.05) is 88.0 Å². The lowest BCUT2D eigenvalue weighted by atomic mass is 10.3. The third-order valence-corrected chi connectivity index (χ3v) is 13.7. The van der Waals surface area contributed by atoms with Crippen LogP contribution in [-0.4, -0.2) is 8.56 Å². The van der Waals surface area contributed by atoms with E-state index in [1.54, 1.807) is 24.3 Å². The van der Waals surface area contributed by atoms with Crippen molar-refractivity contribution in [3.05, 3.63) is 121 Å². The van der Waals surface area contributed by atoms with Crippen LogP contribution >= 0.6 is 46.7 Å². The van der Waals surface area contributed by atoms with Gasteiger partial charge in [0.15, 0.2) is 0 Å². The maximum Gasteiger partial charge on any atom is 0.425 e. The summed E-state index contributed by atoms with van der Waals surface area (Å²) in [5, 5.41) is 0. The van der Waals surface area contributed by atoms with E-state index in [0.29, 0.717) is 23.0 Å². The summed E-state index contributed by atoms with van der Waals surface area (Å²) in [5.41, 5.74) is 0. The van der Waals surface area contributed by atoms with Crippen molar-refractivity contribution in [3.8, 4) is 23.0 Å². The Hall–Kier alpha value is -2.33. The number of rotatable bonds is 8. The number of nitrogens with zero attached hydrogens (tertiary/aromatic N) is 3. The zero-order chi connectivity index (χ0) is 24.8. The number of hydrogen-bond acceptors (Lipinski definition) is 7. The standard InChI is InChI=1S/C24H20Cl2N3O4P3/c25-28-34(26)29(30-21-13-5-1-6-14-21)35(31-22-15-7-2-8-16-22)27-36(28,32-23-17-9-3-10-18-23)33-24-19-11-4-12-20-24/h1-20H. The van der Waals surface area contributed by atoms with Crippen molar-refractivity contribution in [2.24, 2.45) is 4.52 Å². The monoisotopic (exact) mass is 577 g/mol. The first-order valence-corrected chi connectivity index (χ1v) is 15.9. The van der Waals surface area contributed by atoms with E-state index in [1.165, 1.54) is 8.56 Å². The second kappa shape index (κ2) is 11.8. The molecule has 0 radical (unpaired) electrons. The number of benzene rings is 4. The lowest BCUT2D eigenvalue weighted by molar-refractivity contribution is 0.129. The van der Waals surface area contributed by atoms with Crippen LogP contribution in [0.2, 0.25) is 0 Å². The molecule has 2 atom stereocenters. The lowest BCUT2D eigenvalue weighted by Gasteiger charge is -2.40. The number of para-hydroxylation sites is 4. The van der Waals surface area contributed by atoms with Gasteiger partial charge in [-0.2, -0.15) is 0 Å². The molecule has 0 saturated carbocycles. The molecule has 1 heterocycles. The van der Waals surface area contributed by atoms with Crippen molar-refractivity contribution < 1.29 is 18.4 Å². The first-order valence-electron chi connectivity index (χ1n) is 10.7. The second-order valence-electron chi connectivity index (χ2n) is 7.18. The first-order chi connectivity index (χ1) is 17.6. The summed E-state index contributed by atoms with van der Waals surface area (Å²) in [7, 11) is -7.15. The SMILES string of the molecule is ClN1P(Cl)N(Oc2ccccc2)P(Oc2ccccc2)N=P1(Oc1ccccc1)Oc1ccccc1. The molecule has 12 heteroatoms. The van der Waals surface area contributed by atoms with E-state index in [2.05, 4.69) is 0 Å². The van der Waals surface area contributed by atoms with Gasteiger partial charge in [0.2, 0.25) is 7.58 Å². The van der Waals surface area contributed by atoms with Crippen molar-refractivity contribution >= 4 is 46.7 Å². The van der Waals surface area contributed by atoms with Gasteiger partial charge in [0.1, 0.15) is 23.0 Å². The normalized spacial score (nSPS) is 19.6. The molecular formula is C24H20Cl2N3O4P3. The third-order valence-electron chi connectivity index (χ3n) is 4.62. The molecule has 0 saturated heterocycles. The van der Waals surface area contributed by atoms with Crippen molar-refractivity contribution in [1.82, 2.24) is 8.56 Å². The van der Waals surface area contributed by atoms with E-state index in [4.69, 9.17) is 45.9 Å². The van der Waals surface area contributed by atoms with Crippen LogP contribution in [0.15, 0.2) is 126 Å². The molecule has 0 aliphatic carbocycles. The van der Waals surface area contributed by atoms with Crippen molar-refractivity contribution in [1.29, 1.82) is 0 Å². The Morgan fingerprint density at radius 3 is 1.50 bits per heavy atom. The van der Waals surface area contributed by atoms with Crippen LogP contribution in [0.25, 0.3) is 0 Å². The van der Waals surface area contributed by atoms with Crippen LogP contribution in [0, 0.1) is 0 Å². The van der Waals surface area contributed by atoms with E-state index in [0.717, 1.165) is 0 Å².